The second-order valence-electron chi connectivity index (χ2n) is 9.22. The topological polar surface area (TPSA) is 132 Å². The number of pyridine rings is 1. The van der Waals surface area contributed by atoms with Crippen LogP contribution >= 0.6 is 0 Å². The summed E-state index contributed by atoms with van der Waals surface area (Å²) >= 11 is 0. The Morgan fingerprint density at radius 2 is 1.78 bits per heavy atom. The van der Waals surface area contributed by atoms with Crippen molar-refractivity contribution in [3.63, 3.8) is 0 Å². The number of nitrogens with one attached hydrogen (secondary N) is 2. The van der Waals surface area contributed by atoms with Gasteiger partial charge in [-0.2, -0.15) is 13.2 Å². The number of hydrogen-bond acceptors (Lipinski definition) is 7. The van der Waals surface area contributed by atoms with E-state index in [-0.39, 0.29) is 46.1 Å². The lowest BCUT2D eigenvalue weighted by atomic mass is 10.1. The van der Waals surface area contributed by atoms with Crippen molar-refractivity contribution in [2.24, 2.45) is 5.73 Å². The molecule has 2 heterocycles. The van der Waals surface area contributed by atoms with Gasteiger partial charge in [-0.3, -0.25) is 9.59 Å². The number of rotatable bonds is 7. The lowest BCUT2D eigenvalue weighted by Gasteiger charge is -2.11. The molecule has 0 spiro atoms. The maximum absolute atomic E-state index is 13.3. The molecule has 5 aromatic rings. The molecule has 5 rings (SSSR count). The fraction of sp³-hybridized carbons (Fsp3) is 0.172. The smallest absolute Gasteiger partial charge is 0.433 e. The summed E-state index contributed by atoms with van der Waals surface area (Å²) in [5.74, 6) is -1.08. The van der Waals surface area contributed by atoms with Gasteiger partial charge >= 0.3 is 6.18 Å². The van der Waals surface area contributed by atoms with Crippen LogP contribution in [-0.2, 0) is 11.0 Å². The molecule has 9 nitrogen and oxygen atoms in total. The molecule has 1 atom stereocenters. The molecule has 2 aromatic heterocycles. The van der Waals surface area contributed by atoms with Crippen molar-refractivity contribution in [2.75, 3.05) is 19.0 Å². The Hall–Kier alpha value is -4.97. The third kappa shape index (κ3) is 5.68. The first-order valence-electron chi connectivity index (χ1n) is 12.4. The van der Waals surface area contributed by atoms with E-state index < -0.39 is 29.7 Å². The minimum Gasteiger partial charge on any atom is -0.494 e. The summed E-state index contributed by atoms with van der Waals surface area (Å²) in [5.41, 5.74) is 5.56. The zero-order valence-corrected chi connectivity index (χ0v) is 21.9. The monoisotopic (exact) mass is 563 g/mol. The number of carbonyl (C=O) groups is 2. The third-order valence-corrected chi connectivity index (χ3v) is 6.29. The number of carbonyl (C=O) groups excluding carboxylic acids is 2. The Balaban J connectivity index is 1.39. The number of aromatic nitrogens is 2. The highest BCUT2D eigenvalue weighted by Gasteiger charge is 2.33. The predicted molar refractivity (Wildman–Crippen MR) is 146 cm³/mol. The second kappa shape index (κ2) is 10.9. The molecule has 0 bridgehead atoms. The SMILES string of the molecule is COc1ccc(-c2nc(C(=O)NCC(=O)Nc3ccc4ccccc4c3)c([C@H](C)N)o2)c2ccc(C(F)(F)F)nc12. The Labute approximate surface area is 231 Å². The normalized spacial score (nSPS) is 12.3. The van der Waals surface area contributed by atoms with Gasteiger partial charge in [-0.15, -0.1) is 0 Å². The molecule has 0 unspecified atom stereocenters. The van der Waals surface area contributed by atoms with Gasteiger partial charge in [0, 0.05) is 16.6 Å². The van der Waals surface area contributed by atoms with Crippen LogP contribution in [0.15, 0.2) is 71.1 Å². The van der Waals surface area contributed by atoms with E-state index in [4.69, 9.17) is 14.9 Å². The molecular formula is C29H24F3N5O4. The summed E-state index contributed by atoms with van der Waals surface area (Å²) in [5, 5.41) is 7.47. The highest BCUT2D eigenvalue weighted by Crippen LogP contribution is 2.37. The summed E-state index contributed by atoms with van der Waals surface area (Å²) in [6, 6.07) is 17.4. The van der Waals surface area contributed by atoms with Gasteiger partial charge in [0.1, 0.15) is 17.0 Å². The first kappa shape index (κ1) is 27.6. The molecule has 0 aliphatic rings. The third-order valence-electron chi connectivity index (χ3n) is 6.29. The highest BCUT2D eigenvalue weighted by atomic mass is 19.4. The lowest BCUT2D eigenvalue weighted by molar-refractivity contribution is -0.141. The molecule has 12 heteroatoms. The van der Waals surface area contributed by atoms with E-state index in [0.29, 0.717) is 5.69 Å². The van der Waals surface area contributed by atoms with E-state index in [9.17, 15) is 22.8 Å². The molecule has 0 saturated carbocycles. The summed E-state index contributed by atoms with van der Waals surface area (Å²) in [7, 11) is 1.31. The van der Waals surface area contributed by atoms with Crippen LogP contribution in [0.4, 0.5) is 18.9 Å². The maximum atomic E-state index is 13.3. The molecule has 4 N–H and O–H groups in total. The molecule has 0 fully saturated rings. The van der Waals surface area contributed by atoms with E-state index >= 15 is 0 Å². The average Bonchev–Trinajstić information content (AvgIpc) is 3.40. The number of fused-ring (bicyclic) bond motifs is 2. The van der Waals surface area contributed by atoms with E-state index in [1.54, 1.807) is 13.0 Å². The van der Waals surface area contributed by atoms with Gasteiger partial charge in [-0.25, -0.2) is 9.97 Å². The van der Waals surface area contributed by atoms with Gasteiger partial charge < -0.3 is 25.5 Å². The molecule has 210 valence electrons. The van der Waals surface area contributed by atoms with Crippen LogP contribution in [0.1, 0.15) is 34.9 Å². The molecule has 0 aliphatic heterocycles. The summed E-state index contributed by atoms with van der Waals surface area (Å²) < 4.78 is 50.9. The molecule has 0 aliphatic carbocycles. The van der Waals surface area contributed by atoms with Gasteiger partial charge in [0.25, 0.3) is 5.91 Å². The van der Waals surface area contributed by atoms with Crippen LogP contribution in [0.2, 0.25) is 0 Å². The predicted octanol–water partition coefficient (Wildman–Crippen LogP) is 5.46. The minimum absolute atomic E-state index is 0.0382. The number of hydrogen-bond donors (Lipinski definition) is 3. The van der Waals surface area contributed by atoms with Crippen LogP contribution in [0.5, 0.6) is 5.75 Å². The molecule has 0 radical (unpaired) electrons. The van der Waals surface area contributed by atoms with Gasteiger partial charge in [-0.1, -0.05) is 30.3 Å². The number of ether oxygens (including phenoxy) is 1. The summed E-state index contributed by atoms with van der Waals surface area (Å²) in [4.78, 5) is 33.6. The number of amides is 2. The van der Waals surface area contributed by atoms with Crippen molar-refractivity contribution < 1.29 is 31.9 Å². The number of methoxy groups -OCH3 is 1. The standard InChI is InChI=1S/C29H24F3N5O4/c1-15(33)26-25(27(39)34-14-23(38)35-18-8-7-16-5-3-4-6-17(16)13-18)37-28(41-26)20-9-11-21(40-2)24-19(20)10-12-22(36-24)29(30,31)32/h3-13,15H,14,33H2,1-2H3,(H,34,39)(H,35,38)/t15-/m0/s1. The number of oxazole rings is 1. The Bertz CT molecular complexity index is 1780. The van der Waals surface area contributed by atoms with Crippen LogP contribution in [0.3, 0.4) is 0 Å². The van der Waals surface area contributed by atoms with Gasteiger partial charge in [0.2, 0.25) is 11.8 Å². The number of nitrogens with zero attached hydrogens (tertiary/aromatic N) is 2. The molecule has 2 amide bonds. The number of nitrogens with two attached hydrogens (primary N) is 1. The van der Waals surface area contributed by atoms with Crippen LogP contribution in [0.25, 0.3) is 33.1 Å². The van der Waals surface area contributed by atoms with E-state index in [2.05, 4.69) is 20.6 Å². The quantitative estimate of drug-likeness (QED) is 0.240. The average molecular weight is 564 g/mol. The molecule has 3 aromatic carbocycles. The lowest BCUT2D eigenvalue weighted by Crippen LogP contribution is -2.33. The van der Waals surface area contributed by atoms with Crippen molar-refractivity contribution in [3.8, 4) is 17.2 Å². The summed E-state index contributed by atoms with van der Waals surface area (Å²) in [6.45, 7) is 1.22. The Kier molecular flexibility index (Phi) is 7.33. The van der Waals surface area contributed by atoms with Crippen molar-refractivity contribution >= 4 is 39.2 Å². The van der Waals surface area contributed by atoms with Crippen LogP contribution in [-0.4, -0.2) is 35.4 Å². The fourth-order valence-corrected chi connectivity index (χ4v) is 4.34. The van der Waals surface area contributed by atoms with Crippen molar-refractivity contribution in [1.82, 2.24) is 15.3 Å². The number of alkyl halides is 3. The first-order chi connectivity index (χ1) is 19.5. The number of anilines is 1. The van der Waals surface area contributed by atoms with Gasteiger partial charge in [0.15, 0.2) is 11.5 Å². The van der Waals surface area contributed by atoms with Crippen LogP contribution < -0.4 is 21.1 Å². The van der Waals surface area contributed by atoms with Crippen molar-refractivity contribution in [3.05, 3.63) is 83.9 Å². The zero-order chi connectivity index (χ0) is 29.3. The Morgan fingerprint density at radius 1 is 1.02 bits per heavy atom. The Morgan fingerprint density at radius 3 is 2.49 bits per heavy atom. The number of benzene rings is 3. The van der Waals surface area contributed by atoms with Crippen molar-refractivity contribution in [2.45, 2.75) is 19.1 Å². The maximum Gasteiger partial charge on any atom is 0.433 e. The number of halogens is 3. The van der Waals surface area contributed by atoms with Crippen LogP contribution in [0, 0.1) is 0 Å². The zero-order valence-electron chi connectivity index (χ0n) is 21.9. The second-order valence-corrected chi connectivity index (χ2v) is 9.22. The highest BCUT2D eigenvalue weighted by molar-refractivity contribution is 6.01. The molecular weight excluding hydrogens is 539 g/mol. The van der Waals surface area contributed by atoms with Crippen molar-refractivity contribution in [1.29, 1.82) is 0 Å². The molecule has 0 saturated heterocycles. The van der Waals surface area contributed by atoms with E-state index in [1.165, 1.54) is 25.3 Å². The minimum atomic E-state index is -4.66. The summed E-state index contributed by atoms with van der Waals surface area (Å²) in [6.07, 6.45) is -4.66. The van der Waals surface area contributed by atoms with E-state index in [1.807, 2.05) is 36.4 Å². The van der Waals surface area contributed by atoms with Gasteiger partial charge in [0.05, 0.1) is 19.7 Å². The largest absolute Gasteiger partial charge is 0.494 e. The van der Waals surface area contributed by atoms with Gasteiger partial charge in [-0.05, 0) is 54.1 Å². The van der Waals surface area contributed by atoms with E-state index in [0.717, 1.165) is 16.8 Å². The fourth-order valence-electron chi connectivity index (χ4n) is 4.34. The first-order valence-corrected chi connectivity index (χ1v) is 12.4. The molecule has 41 heavy (non-hydrogen) atoms.